The van der Waals surface area contributed by atoms with Crippen LogP contribution >= 0.6 is 0 Å². The van der Waals surface area contributed by atoms with Gasteiger partial charge in [-0.25, -0.2) is 0 Å². The molecule has 0 amide bonds. The molecule has 0 heterocycles. The molecular formula is C18H18O. The van der Waals surface area contributed by atoms with Gasteiger partial charge in [-0.2, -0.15) is 0 Å². The Morgan fingerprint density at radius 1 is 1.05 bits per heavy atom. The molecule has 3 rings (SSSR count). The first-order valence-corrected chi connectivity index (χ1v) is 6.92. The molecule has 2 aromatic carbocycles. The maximum atomic E-state index is 12.1. The van der Waals surface area contributed by atoms with E-state index >= 15 is 0 Å². The lowest BCUT2D eigenvalue weighted by molar-refractivity contribution is 0.0966. The minimum Gasteiger partial charge on any atom is -0.294 e. The molecule has 1 aliphatic rings. The number of carbonyl (C=O) groups excluding carboxylic acids is 1. The minimum absolute atomic E-state index is 0.317. The van der Waals surface area contributed by atoms with E-state index < -0.39 is 0 Å². The summed E-state index contributed by atoms with van der Waals surface area (Å²) in [5.74, 6) is 0.799. The van der Waals surface area contributed by atoms with Crippen LogP contribution in [-0.2, 0) is 6.42 Å². The van der Waals surface area contributed by atoms with Crippen LogP contribution < -0.4 is 0 Å². The molecule has 1 atom stereocenters. The molecule has 1 aliphatic carbocycles. The summed E-state index contributed by atoms with van der Waals surface area (Å²) in [6, 6.07) is 16.8. The minimum atomic E-state index is 0.317. The third-order valence-corrected chi connectivity index (χ3v) is 4.07. The van der Waals surface area contributed by atoms with E-state index in [-0.39, 0.29) is 0 Å². The van der Waals surface area contributed by atoms with Gasteiger partial charge in [0, 0.05) is 12.0 Å². The average molecular weight is 250 g/mol. The highest BCUT2D eigenvalue weighted by atomic mass is 16.1. The molecule has 1 unspecified atom stereocenters. The van der Waals surface area contributed by atoms with E-state index in [0.717, 1.165) is 24.0 Å². The lowest BCUT2D eigenvalue weighted by Gasteiger charge is -2.26. The Hall–Kier alpha value is -1.89. The standard InChI is InChI=1S/C18H18O/c1-13-6-5-9-16-15(10-11-17(19)18(13)16)12-14-7-3-2-4-8-14/h2-9,15H,10-12H2,1H3. The van der Waals surface area contributed by atoms with Crippen LogP contribution in [0.5, 0.6) is 0 Å². The van der Waals surface area contributed by atoms with E-state index in [2.05, 4.69) is 36.4 Å². The predicted octanol–water partition coefficient (Wildman–Crippen LogP) is 4.30. The van der Waals surface area contributed by atoms with E-state index in [9.17, 15) is 4.79 Å². The second-order valence-corrected chi connectivity index (χ2v) is 5.39. The van der Waals surface area contributed by atoms with Gasteiger partial charge < -0.3 is 0 Å². The van der Waals surface area contributed by atoms with E-state index in [1.54, 1.807) is 0 Å². The van der Waals surface area contributed by atoms with Crippen LogP contribution in [-0.4, -0.2) is 5.78 Å². The van der Waals surface area contributed by atoms with Crippen LogP contribution in [0.15, 0.2) is 48.5 Å². The summed E-state index contributed by atoms with van der Waals surface area (Å²) in [7, 11) is 0. The molecule has 0 fully saturated rings. The summed E-state index contributed by atoms with van der Waals surface area (Å²) < 4.78 is 0. The van der Waals surface area contributed by atoms with Gasteiger partial charge >= 0.3 is 0 Å². The highest BCUT2D eigenvalue weighted by Gasteiger charge is 2.26. The van der Waals surface area contributed by atoms with Crippen molar-refractivity contribution >= 4 is 5.78 Å². The lowest BCUT2D eigenvalue weighted by atomic mass is 9.77. The number of aryl methyl sites for hydroxylation is 1. The highest BCUT2D eigenvalue weighted by molar-refractivity contribution is 6.00. The van der Waals surface area contributed by atoms with Crippen LogP contribution in [0.3, 0.4) is 0 Å². The number of hydrogen-bond acceptors (Lipinski definition) is 1. The summed E-state index contributed by atoms with van der Waals surface area (Å²) in [6.45, 7) is 2.04. The molecule has 1 nitrogen and oxygen atoms in total. The molecule has 0 radical (unpaired) electrons. The number of rotatable bonds is 2. The molecule has 1 heteroatoms. The fourth-order valence-corrected chi connectivity index (χ4v) is 3.11. The van der Waals surface area contributed by atoms with Gasteiger partial charge in [0.05, 0.1) is 0 Å². The molecule has 19 heavy (non-hydrogen) atoms. The Morgan fingerprint density at radius 2 is 1.84 bits per heavy atom. The zero-order chi connectivity index (χ0) is 13.2. The second-order valence-electron chi connectivity index (χ2n) is 5.39. The first-order chi connectivity index (χ1) is 9.25. The molecule has 0 bridgehead atoms. The van der Waals surface area contributed by atoms with Gasteiger partial charge in [0.25, 0.3) is 0 Å². The van der Waals surface area contributed by atoms with Crippen molar-refractivity contribution in [3.05, 3.63) is 70.8 Å². The Labute approximate surface area is 114 Å². The van der Waals surface area contributed by atoms with Crippen molar-refractivity contribution in [3.63, 3.8) is 0 Å². The van der Waals surface area contributed by atoms with E-state index in [4.69, 9.17) is 0 Å². The molecular weight excluding hydrogens is 232 g/mol. The van der Waals surface area contributed by atoms with Crippen molar-refractivity contribution in [2.45, 2.75) is 32.1 Å². The van der Waals surface area contributed by atoms with Crippen molar-refractivity contribution < 1.29 is 4.79 Å². The zero-order valence-corrected chi connectivity index (χ0v) is 11.2. The van der Waals surface area contributed by atoms with Crippen LogP contribution in [0.1, 0.15) is 45.8 Å². The maximum Gasteiger partial charge on any atom is 0.163 e. The van der Waals surface area contributed by atoms with Crippen molar-refractivity contribution in [1.82, 2.24) is 0 Å². The van der Waals surface area contributed by atoms with E-state index in [0.29, 0.717) is 18.1 Å². The molecule has 0 aliphatic heterocycles. The molecule has 0 spiro atoms. The number of ketones is 1. The van der Waals surface area contributed by atoms with Crippen molar-refractivity contribution in [2.24, 2.45) is 0 Å². The van der Waals surface area contributed by atoms with Gasteiger partial charge in [-0.3, -0.25) is 4.79 Å². The third-order valence-electron chi connectivity index (χ3n) is 4.07. The highest BCUT2D eigenvalue weighted by Crippen LogP contribution is 2.35. The first-order valence-electron chi connectivity index (χ1n) is 6.92. The predicted molar refractivity (Wildman–Crippen MR) is 77.6 cm³/mol. The number of hydrogen-bond donors (Lipinski definition) is 0. The second kappa shape index (κ2) is 5.00. The maximum absolute atomic E-state index is 12.1. The number of Topliss-reactive ketones (excluding diaryl/α,β-unsaturated/α-hetero) is 1. The summed E-state index contributed by atoms with van der Waals surface area (Å²) in [5, 5.41) is 0. The quantitative estimate of drug-likeness (QED) is 0.776. The summed E-state index contributed by atoms with van der Waals surface area (Å²) in [4.78, 5) is 12.1. The van der Waals surface area contributed by atoms with Gasteiger partial charge in [0.15, 0.2) is 5.78 Å². The van der Waals surface area contributed by atoms with Crippen LogP contribution in [0.2, 0.25) is 0 Å². The first kappa shape index (κ1) is 12.2. The summed E-state index contributed by atoms with van der Waals surface area (Å²) in [6.07, 6.45) is 2.70. The van der Waals surface area contributed by atoms with Gasteiger partial charge in [-0.15, -0.1) is 0 Å². The van der Waals surface area contributed by atoms with Crippen LogP contribution in [0, 0.1) is 6.92 Å². The molecule has 0 saturated heterocycles. The molecule has 0 saturated carbocycles. The van der Waals surface area contributed by atoms with Crippen molar-refractivity contribution in [2.75, 3.05) is 0 Å². The SMILES string of the molecule is Cc1cccc2c1C(=O)CCC2Cc1ccccc1. The van der Waals surface area contributed by atoms with E-state index in [1.165, 1.54) is 11.1 Å². The fourth-order valence-electron chi connectivity index (χ4n) is 3.11. The van der Waals surface area contributed by atoms with Crippen molar-refractivity contribution in [1.29, 1.82) is 0 Å². The van der Waals surface area contributed by atoms with Crippen LogP contribution in [0.25, 0.3) is 0 Å². The Bertz CT molecular complexity index is 598. The molecule has 2 aromatic rings. The van der Waals surface area contributed by atoms with E-state index in [1.807, 2.05) is 19.1 Å². The van der Waals surface area contributed by atoms with Gasteiger partial charge in [-0.1, -0.05) is 48.5 Å². The zero-order valence-electron chi connectivity index (χ0n) is 11.2. The van der Waals surface area contributed by atoms with Crippen molar-refractivity contribution in [3.8, 4) is 0 Å². The Balaban J connectivity index is 1.96. The average Bonchev–Trinajstić information content (AvgIpc) is 2.43. The monoisotopic (exact) mass is 250 g/mol. The third kappa shape index (κ3) is 2.33. The van der Waals surface area contributed by atoms with Gasteiger partial charge in [0.2, 0.25) is 0 Å². The van der Waals surface area contributed by atoms with Gasteiger partial charge in [0.1, 0.15) is 0 Å². The molecule has 0 N–H and O–H groups in total. The normalized spacial score (nSPS) is 18.2. The number of carbonyl (C=O) groups is 1. The fraction of sp³-hybridized carbons (Fsp3) is 0.278. The molecule has 96 valence electrons. The smallest absolute Gasteiger partial charge is 0.163 e. The topological polar surface area (TPSA) is 17.1 Å². The Kier molecular flexibility index (Phi) is 3.20. The number of benzene rings is 2. The largest absolute Gasteiger partial charge is 0.294 e. The van der Waals surface area contributed by atoms with Gasteiger partial charge in [-0.05, 0) is 42.4 Å². The lowest BCUT2D eigenvalue weighted by Crippen LogP contribution is -2.18. The summed E-state index contributed by atoms with van der Waals surface area (Å²) >= 11 is 0. The molecule has 0 aromatic heterocycles. The number of fused-ring (bicyclic) bond motifs is 1. The Morgan fingerprint density at radius 3 is 2.63 bits per heavy atom. The van der Waals surface area contributed by atoms with Crippen LogP contribution in [0.4, 0.5) is 0 Å². The summed E-state index contributed by atoms with van der Waals surface area (Å²) in [5.41, 5.74) is 4.71.